The van der Waals surface area contributed by atoms with Gasteiger partial charge in [-0.3, -0.25) is 0 Å². The van der Waals surface area contributed by atoms with E-state index in [0.717, 1.165) is 33.8 Å². The van der Waals surface area contributed by atoms with E-state index in [4.69, 9.17) is 11.6 Å². The minimum absolute atomic E-state index is 0.440. The van der Waals surface area contributed by atoms with E-state index in [1.165, 1.54) is 5.56 Å². The van der Waals surface area contributed by atoms with Gasteiger partial charge in [0, 0.05) is 39.6 Å². The molecule has 1 aromatic carbocycles. The molecule has 0 saturated carbocycles. The van der Waals surface area contributed by atoms with Gasteiger partial charge in [-0.15, -0.1) is 0 Å². The molecule has 21 heavy (non-hydrogen) atoms. The number of aromatic nitrogens is 2. The van der Waals surface area contributed by atoms with E-state index in [1.807, 2.05) is 32.0 Å². The van der Waals surface area contributed by atoms with Crippen molar-refractivity contribution in [3.8, 4) is 11.4 Å². The van der Waals surface area contributed by atoms with Gasteiger partial charge in [-0.1, -0.05) is 25.4 Å². The predicted octanol–water partition coefficient (Wildman–Crippen LogP) is 4.67. The van der Waals surface area contributed by atoms with Gasteiger partial charge in [-0.2, -0.15) is 0 Å². The van der Waals surface area contributed by atoms with Crippen LogP contribution in [0.2, 0.25) is 5.02 Å². The van der Waals surface area contributed by atoms with E-state index in [9.17, 15) is 0 Å². The third-order valence-electron chi connectivity index (χ3n) is 3.29. The molecular formula is C16H19BrClN3. The first-order chi connectivity index (χ1) is 9.88. The van der Waals surface area contributed by atoms with Crippen molar-refractivity contribution in [2.75, 3.05) is 0 Å². The van der Waals surface area contributed by atoms with Crippen LogP contribution in [0.15, 0.2) is 22.7 Å². The Morgan fingerprint density at radius 2 is 1.81 bits per heavy atom. The van der Waals surface area contributed by atoms with Crippen LogP contribution in [0.4, 0.5) is 0 Å². The zero-order valence-corrected chi connectivity index (χ0v) is 15.0. The first-order valence-corrected chi connectivity index (χ1v) is 8.08. The number of halogens is 2. The summed E-state index contributed by atoms with van der Waals surface area (Å²) in [5.41, 5.74) is 4.15. The lowest BCUT2D eigenvalue weighted by molar-refractivity contribution is 0.583. The monoisotopic (exact) mass is 367 g/mol. The minimum atomic E-state index is 0.440. The Balaban J connectivity index is 2.36. The number of nitrogens with zero attached hydrogens (tertiary/aromatic N) is 2. The molecule has 0 atom stereocenters. The van der Waals surface area contributed by atoms with Crippen molar-refractivity contribution in [2.24, 2.45) is 0 Å². The number of nitrogens with one attached hydrogen (secondary N) is 1. The van der Waals surface area contributed by atoms with Crippen LogP contribution < -0.4 is 5.32 Å². The summed E-state index contributed by atoms with van der Waals surface area (Å²) in [5, 5.41) is 4.10. The summed E-state index contributed by atoms with van der Waals surface area (Å²) in [6.07, 6.45) is 0. The van der Waals surface area contributed by atoms with Crippen LogP contribution in [0.5, 0.6) is 0 Å². The third kappa shape index (κ3) is 4.02. The molecule has 1 aromatic heterocycles. The highest BCUT2D eigenvalue weighted by molar-refractivity contribution is 9.10. The fourth-order valence-corrected chi connectivity index (χ4v) is 2.56. The molecule has 112 valence electrons. The third-order valence-corrected chi connectivity index (χ3v) is 4.50. The first kappa shape index (κ1) is 16.4. The average molecular weight is 369 g/mol. The fourth-order valence-electron chi connectivity index (χ4n) is 2.07. The smallest absolute Gasteiger partial charge is 0.159 e. The molecule has 0 aliphatic heterocycles. The molecule has 0 aliphatic carbocycles. The van der Waals surface area contributed by atoms with Crippen molar-refractivity contribution in [1.29, 1.82) is 0 Å². The molecule has 0 radical (unpaired) electrons. The lowest BCUT2D eigenvalue weighted by atomic mass is 10.1. The van der Waals surface area contributed by atoms with Crippen LogP contribution in [0.3, 0.4) is 0 Å². The molecule has 2 rings (SSSR count). The van der Waals surface area contributed by atoms with Crippen LogP contribution in [-0.2, 0) is 6.54 Å². The summed E-state index contributed by atoms with van der Waals surface area (Å²) in [5.74, 6) is 0.732. The topological polar surface area (TPSA) is 37.8 Å². The lowest BCUT2D eigenvalue weighted by Gasteiger charge is -2.14. The Morgan fingerprint density at radius 3 is 2.33 bits per heavy atom. The van der Waals surface area contributed by atoms with E-state index in [0.29, 0.717) is 11.1 Å². The van der Waals surface area contributed by atoms with E-state index in [-0.39, 0.29) is 0 Å². The molecule has 1 heterocycles. The quantitative estimate of drug-likeness (QED) is 0.852. The second kappa shape index (κ2) is 6.86. The average Bonchev–Trinajstić information content (AvgIpc) is 2.40. The minimum Gasteiger partial charge on any atom is -0.310 e. The summed E-state index contributed by atoms with van der Waals surface area (Å²) in [6.45, 7) is 9.11. The van der Waals surface area contributed by atoms with Crippen molar-refractivity contribution < 1.29 is 0 Å². The molecule has 3 nitrogen and oxygen atoms in total. The summed E-state index contributed by atoms with van der Waals surface area (Å²) in [7, 11) is 0. The van der Waals surface area contributed by atoms with Gasteiger partial charge < -0.3 is 5.32 Å². The van der Waals surface area contributed by atoms with E-state index >= 15 is 0 Å². The summed E-state index contributed by atoms with van der Waals surface area (Å²) >= 11 is 9.47. The molecule has 5 heteroatoms. The fraction of sp³-hybridized carbons (Fsp3) is 0.375. The molecule has 0 saturated heterocycles. The van der Waals surface area contributed by atoms with Gasteiger partial charge in [0.05, 0.1) is 5.02 Å². The lowest BCUT2D eigenvalue weighted by Crippen LogP contribution is -2.23. The maximum atomic E-state index is 6.03. The van der Waals surface area contributed by atoms with Gasteiger partial charge >= 0.3 is 0 Å². The van der Waals surface area contributed by atoms with Crippen molar-refractivity contribution in [2.45, 2.75) is 40.3 Å². The molecule has 0 amide bonds. The van der Waals surface area contributed by atoms with E-state index in [1.54, 1.807) is 0 Å². The Hall–Kier alpha value is -0.970. The maximum absolute atomic E-state index is 6.03. The Kier molecular flexibility index (Phi) is 5.36. The van der Waals surface area contributed by atoms with Crippen molar-refractivity contribution in [3.63, 3.8) is 0 Å². The van der Waals surface area contributed by atoms with Gasteiger partial charge in [0.25, 0.3) is 0 Å². The summed E-state index contributed by atoms with van der Waals surface area (Å²) in [6, 6.07) is 6.18. The standard InChI is InChI=1S/C16H19BrClN3/c1-9(2)19-8-13-10(3)20-16(21-11(13)4)12-5-6-15(18)14(17)7-12/h5-7,9,19H,8H2,1-4H3. The van der Waals surface area contributed by atoms with Gasteiger partial charge in [-0.05, 0) is 48.0 Å². The SMILES string of the molecule is Cc1nc(-c2ccc(Cl)c(Br)c2)nc(C)c1CNC(C)C. The molecule has 0 spiro atoms. The van der Waals surface area contributed by atoms with Gasteiger partial charge in [0.2, 0.25) is 0 Å². The maximum Gasteiger partial charge on any atom is 0.159 e. The molecule has 0 aliphatic rings. The van der Waals surface area contributed by atoms with Crippen molar-refractivity contribution in [3.05, 3.63) is 44.6 Å². The normalized spacial score (nSPS) is 11.2. The Morgan fingerprint density at radius 1 is 1.19 bits per heavy atom. The predicted molar refractivity (Wildman–Crippen MR) is 91.6 cm³/mol. The molecule has 2 aromatic rings. The summed E-state index contributed by atoms with van der Waals surface area (Å²) in [4.78, 5) is 9.28. The van der Waals surface area contributed by atoms with Crippen molar-refractivity contribution in [1.82, 2.24) is 15.3 Å². The Labute approximate surface area is 139 Å². The number of hydrogen-bond acceptors (Lipinski definition) is 3. The molecule has 0 unspecified atom stereocenters. The largest absolute Gasteiger partial charge is 0.310 e. The molecule has 1 N–H and O–H groups in total. The van der Waals surface area contributed by atoms with Gasteiger partial charge in [0.15, 0.2) is 5.82 Å². The number of rotatable bonds is 4. The Bertz CT molecular complexity index is 633. The zero-order valence-electron chi connectivity index (χ0n) is 12.7. The second-order valence-electron chi connectivity index (χ2n) is 5.36. The second-order valence-corrected chi connectivity index (χ2v) is 6.62. The number of aryl methyl sites for hydroxylation is 2. The van der Waals surface area contributed by atoms with Crippen LogP contribution >= 0.6 is 27.5 Å². The van der Waals surface area contributed by atoms with Crippen LogP contribution in [0.1, 0.15) is 30.8 Å². The summed E-state index contributed by atoms with van der Waals surface area (Å²) < 4.78 is 0.853. The van der Waals surface area contributed by atoms with Crippen molar-refractivity contribution >= 4 is 27.5 Å². The van der Waals surface area contributed by atoms with Crippen LogP contribution in [0.25, 0.3) is 11.4 Å². The van der Waals surface area contributed by atoms with E-state index in [2.05, 4.69) is 45.1 Å². The highest BCUT2D eigenvalue weighted by Crippen LogP contribution is 2.28. The van der Waals surface area contributed by atoms with E-state index < -0.39 is 0 Å². The number of hydrogen-bond donors (Lipinski definition) is 1. The zero-order chi connectivity index (χ0) is 15.6. The van der Waals surface area contributed by atoms with Crippen LogP contribution in [0, 0.1) is 13.8 Å². The first-order valence-electron chi connectivity index (χ1n) is 6.91. The molecule has 0 fully saturated rings. The highest BCUT2D eigenvalue weighted by Gasteiger charge is 2.11. The van der Waals surface area contributed by atoms with Gasteiger partial charge in [0.1, 0.15) is 0 Å². The molecular weight excluding hydrogens is 350 g/mol. The van der Waals surface area contributed by atoms with Gasteiger partial charge in [-0.25, -0.2) is 9.97 Å². The number of benzene rings is 1. The molecule has 0 bridgehead atoms. The highest BCUT2D eigenvalue weighted by atomic mass is 79.9. The van der Waals surface area contributed by atoms with Crippen LogP contribution in [-0.4, -0.2) is 16.0 Å².